The van der Waals surface area contributed by atoms with Crippen LogP contribution >= 0.6 is 0 Å². The summed E-state index contributed by atoms with van der Waals surface area (Å²) in [6.45, 7) is 2.61. The number of aliphatic hydroxyl groups excluding tert-OH is 2. The molecule has 0 bridgehead atoms. The van der Waals surface area contributed by atoms with Gasteiger partial charge in [0, 0.05) is 12.1 Å². The molecule has 27 heavy (non-hydrogen) atoms. The number of carbonyl (C=O) groups is 1. The SMILES string of the molecule is CCCCCCCCCCCCOc1ccc(C(=O)NCC(O)CO)cc1. The van der Waals surface area contributed by atoms with Crippen LogP contribution < -0.4 is 10.1 Å². The minimum absolute atomic E-state index is 0.0341. The number of rotatable bonds is 16. The second-order valence-corrected chi connectivity index (χ2v) is 7.10. The van der Waals surface area contributed by atoms with Crippen LogP contribution in [0.25, 0.3) is 0 Å². The number of carbonyl (C=O) groups excluding carboxylic acids is 1. The lowest BCUT2D eigenvalue weighted by atomic mass is 10.1. The molecule has 0 aliphatic heterocycles. The highest BCUT2D eigenvalue weighted by molar-refractivity contribution is 5.94. The van der Waals surface area contributed by atoms with Crippen LogP contribution in [0.5, 0.6) is 5.75 Å². The Labute approximate surface area is 164 Å². The Hall–Kier alpha value is -1.59. The first-order chi connectivity index (χ1) is 13.2. The van der Waals surface area contributed by atoms with Crippen molar-refractivity contribution in [1.82, 2.24) is 5.32 Å². The molecule has 0 fully saturated rings. The van der Waals surface area contributed by atoms with Crippen molar-refractivity contribution in [2.75, 3.05) is 19.8 Å². The number of hydrogen-bond donors (Lipinski definition) is 3. The Balaban J connectivity index is 2.06. The smallest absolute Gasteiger partial charge is 0.251 e. The molecule has 5 heteroatoms. The van der Waals surface area contributed by atoms with E-state index in [0.717, 1.165) is 12.2 Å². The van der Waals surface area contributed by atoms with E-state index in [4.69, 9.17) is 9.84 Å². The van der Waals surface area contributed by atoms with Crippen molar-refractivity contribution < 1.29 is 19.7 Å². The van der Waals surface area contributed by atoms with Crippen molar-refractivity contribution in [1.29, 1.82) is 0 Å². The molecule has 3 N–H and O–H groups in total. The number of unbranched alkanes of at least 4 members (excludes halogenated alkanes) is 9. The van der Waals surface area contributed by atoms with Crippen LogP contribution in [0.4, 0.5) is 0 Å². The average Bonchev–Trinajstić information content (AvgIpc) is 2.70. The summed E-state index contributed by atoms with van der Waals surface area (Å²) >= 11 is 0. The number of benzene rings is 1. The molecule has 0 saturated heterocycles. The van der Waals surface area contributed by atoms with Crippen LogP contribution in [0.1, 0.15) is 81.5 Å². The zero-order valence-corrected chi connectivity index (χ0v) is 16.8. The lowest BCUT2D eigenvalue weighted by Gasteiger charge is -2.10. The summed E-state index contributed by atoms with van der Waals surface area (Å²) in [6, 6.07) is 6.98. The van der Waals surface area contributed by atoms with Gasteiger partial charge < -0.3 is 20.3 Å². The van der Waals surface area contributed by atoms with Crippen molar-refractivity contribution in [3.05, 3.63) is 29.8 Å². The van der Waals surface area contributed by atoms with Crippen molar-refractivity contribution >= 4 is 5.91 Å². The highest BCUT2D eigenvalue weighted by atomic mass is 16.5. The third-order valence-corrected chi connectivity index (χ3v) is 4.59. The molecule has 0 aliphatic rings. The fraction of sp³-hybridized carbons (Fsp3) is 0.682. The van der Waals surface area contributed by atoms with Gasteiger partial charge in [0.1, 0.15) is 5.75 Å². The van der Waals surface area contributed by atoms with Crippen LogP contribution in [0.3, 0.4) is 0 Å². The minimum atomic E-state index is -0.933. The third kappa shape index (κ3) is 11.7. The molecule has 0 aliphatic carbocycles. The van der Waals surface area contributed by atoms with Gasteiger partial charge in [0.25, 0.3) is 5.91 Å². The Morgan fingerprint density at radius 1 is 0.963 bits per heavy atom. The van der Waals surface area contributed by atoms with E-state index in [0.29, 0.717) is 12.2 Å². The summed E-state index contributed by atoms with van der Waals surface area (Å²) in [7, 11) is 0. The first kappa shape index (κ1) is 23.4. The van der Waals surface area contributed by atoms with Crippen molar-refractivity contribution in [3.8, 4) is 5.75 Å². The van der Waals surface area contributed by atoms with E-state index in [2.05, 4.69) is 12.2 Å². The standard InChI is InChI=1S/C22H37NO4/c1-2-3-4-5-6-7-8-9-10-11-16-27-21-14-12-19(13-15-21)22(26)23-17-20(25)18-24/h12-15,20,24-25H,2-11,16-18H2,1H3,(H,23,26). The van der Waals surface area contributed by atoms with Gasteiger partial charge in [-0.25, -0.2) is 0 Å². The van der Waals surface area contributed by atoms with Gasteiger partial charge in [-0.15, -0.1) is 0 Å². The number of nitrogens with one attached hydrogen (secondary N) is 1. The molecular weight excluding hydrogens is 342 g/mol. The molecule has 1 aromatic rings. The van der Waals surface area contributed by atoms with E-state index in [1.165, 1.54) is 57.8 Å². The van der Waals surface area contributed by atoms with Crippen LogP contribution in [-0.4, -0.2) is 42.0 Å². The molecule has 1 rings (SSSR count). The maximum Gasteiger partial charge on any atom is 0.251 e. The van der Waals surface area contributed by atoms with Crippen LogP contribution in [0.2, 0.25) is 0 Å². The normalized spacial score (nSPS) is 12.0. The van der Waals surface area contributed by atoms with Gasteiger partial charge in [0.05, 0.1) is 19.3 Å². The first-order valence-electron chi connectivity index (χ1n) is 10.5. The second kappa shape index (κ2) is 15.5. The minimum Gasteiger partial charge on any atom is -0.494 e. The molecule has 154 valence electrons. The predicted octanol–water partition coefficient (Wildman–Crippen LogP) is 4.07. The molecule has 5 nitrogen and oxygen atoms in total. The highest BCUT2D eigenvalue weighted by Gasteiger charge is 2.08. The summed E-state index contributed by atoms with van der Waals surface area (Å²) in [4.78, 5) is 11.9. The molecule has 1 unspecified atom stereocenters. The lowest BCUT2D eigenvalue weighted by molar-refractivity contribution is 0.0802. The van der Waals surface area contributed by atoms with E-state index < -0.39 is 6.10 Å². The summed E-state index contributed by atoms with van der Waals surface area (Å²) in [5, 5.41) is 20.6. The van der Waals surface area contributed by atoms with E-state index in [-0.39, 0.29) is 19.1 Å². The largest absolute Gasteiger partial charge is 0.494 e. The second-order valence-electron chi connectivity index (χ2n) is 7.10. The Kier molecular flexibility index (Phi) is 13.4. The summed E-state index contributed by atoms with van der Waals surface area (Å²) in [5.74, 6) is 0.488. The highest BCUT2D eigenvalue weighted by Crippen LogP contribution is 2.14. The molecule has 0 heterocycles. The topological polar surface area (TPSA) is 78.8 Å². The lowest BCUT2D eigenvalue weighted by Crippen LogP contribution is -2.33. The summed E-state index contributed by atoms with van der Waals surface area (Å²) in [5.41, 5.74) is 0.506. The van der Waals surface area contributed by atoms with Gasteiger partial charge in [-0.1, -0.05) is 64.7 Å². The van der Waals surface area contributed by atoms with Crippen molar-refractivity contribution in [2.45, 2.75) is 77.2 Å². The van der Waals surface area contributed by atoms with Gasteiger partial charge in [0.15, 0.2) is 0 Å². The predicted molar refractivity (Wildman–Crippen MR) is 109 cm³/mol. The maximum atomic E-state index is 11.9. The summed E-state index contributed by atoms with van der Waals surface area (Å²) < 4.78 is 5.72. The molecule has 0 spiro atoms. The van der Waals surface area contributed by atoms with E-state index in [9.17, 15) is 9.90 Å². The first-order valence-corrected chi connectivity index (χ1v) is 10.5. The zero-order chi connectivity index (χ0) is 19.7. The zero-order valence-electron chi connectivity index (χ0n) is 16.8. The number of aliphatic hydroxyl groups is 2. The van der Waals surface area contributed by atoms with E-state index in [1.54, 1.807) is 24.3 Å². The fourth-order valence-electron chi connectivity index (χ4n) is 2.86. The Morgan fingerprint density at radius 2 is 1.52 bits per heavy atom. The Morgan fingerprint density at radius 3 is 2.07 bits per heavy atom. The maximum absolute atomic E-state index is 11.9. The number of hydrogen-bond acceptors (Lipinski definition) is 4. The average molecular weight is 380 g/mol. The third-order valence-electron chi connectivity index (χ3n) is 4.59. The molecule has 0 aromatic heterocycles. The van der Waals surface area contributed by atoms with Gasteiger partial charge in [-0.2, -0.15) is 0 Å². The van der Waals surface area contributed by atoms with E-state index in [1.807, 2.05) is 0 Å². The Bertz CT molecular complexity index is 490. The molecule has 1 aromatic carbocycles. The molecular formula is C22H37NO4. The molecule has 0 radical (unpaired) electrons. The fourth-order valence-corrected chi connectivity index (χ4v) is 2.86. The molecule has 1 atom stereocenters. The number of ether oxygens (including phenoxy) is 1. The monoisotopic (exact) mass is 379 g/mol. The van der Waals surface area contributed by atoms with Gasteiger partial charge in [-0.3, -0.25) is 4.79 Å². The molecule has 1 amide bonds. The summed E-state index contributed by atoms with van der Waals surface area (Å²) in [6.07, 6.45) is 12.1. The van der Waals surface area contributed by atoms with Crippen LogP contribution in [0, 0.1) is 0 Å². The van der Waals surface area contributed by atoms with Gasteiger partial charge in [-0.05, 0) is 30.7 Å². The van der Waals surface area contributed by atoms with E-state index >= 15 is 0 Å². The van der Waals surface area contributed by atoms with Crippen molar-refractivity contribution in [2.24, 2.45) is 0 Å². The van der Waals surface area contributed by atoms with Crippen LogP contribution in [-0.2, 0) is 0 Å². The van der Waals surface area contributed by atoms with Gasteiger partial charge in [0.2, 0.25) is 0 Å². The molecule has 0 saturated carbocycles. The van der Waals surface area contributed by atoms with Crippen LogP contribution in [0.15, 0.2) is 24.3 Å². The van der Waals surface area contributed by atoms with Crippen molar-refractivity contribution in [3.63, 3.8) is 0 Å². The number of amides is 1. The quantitative estimate of drug-likeness (QED) is 0.378. The van der Waals surface area contributed by atoms with Gasteiger partial charge >= 0.3 is 0 Å².